The summed E-state index contributed by atoms with van der Waals surface area (Å²) in [5.41, 5.74) is 0. The molecule has 0 aliphatic carbocycles. The maximum Gasteiger partial charge on any atom is 0.300 e. The number of hydrogen-bond donors (Lipinski definition) is 1. The molecule has 10 heavy (non-hydrogen) atoms. The largest absolute Gasteiger partial charge is 0.349 e. The van der Waals surface area contributed by atoms with E-state index in [1.54, 1.807) is 0 Å². The molecule has 1 amide bonds. The summed E-state index contributed by atoms with van der Waals surface area (Å²) < 4.78 is 0. The van der Waals surface area contributed by atoms with Gasteiger partial charge in [-0.25, -0.2) is 6.57 Å². The predicted molar refractivity (Wildman–Crippen MR) is 39.3 cm³/mol. The van der Waals surface area contributed by atoms with Crippen LogP contribution in [0, 0.1) is 12.5 Å². The molecule has 0 aliphatic heterocycles. The zero-order valence-corrected chi connectivity index (χ0v) is 6.35. The van der Waals surface area contributed by atoms with Gasteiger partial charge in [0.05, 0.1) is 0 Å². The van der Waals surface area contributed by atoms with Crippen LogP contribution in [0.2, 0.25) is 0 Å². The van der Waals surface area contributed by atoms with Gasteiger partial charge in [0.2, 0.25) is 0 Å². The van der Waals surface area contributed by atoms with E-state index in [0.717, 1.165) is 0 Å². The molecule has 0 radical (unpaired) electrons. The molecule has 0 atom stereocenters. The van der Waals surface area contributed by atoms with Gasteiger partial charge >= 0.3 is 0 Å². The topological polar surface area (TPSA) is 33.5 Å². The number of nitrogens with zero attached hydrogens (tertiary/aromatic N) is 1. The monoisotopic (exact) mass is 140 g/mol. The maximum atomic E-state index is 10.6. The Morgan fingerprint density at radius 1 is 1.70 bits per heavy atom. The van der Waals surface area contributed by atoms with Crippen molar-refractivity contribution in [2.45, 2.75) is 13.8 Å². The van der Waals surface area contributed by atoms with Gasteiger partial charge in [0.25, 0.3) is 12.5 Å². The molecule has 0 saturated carbocycles. The fourth-order valence-electron chi connectivity index (χ4n) is 0.446. The molecule has 0 aromatic rings. The minimum absolute atomic E-state index is 0.0489. The van der Waals surface area contributed by atoms with Crippen LogP contribution in [0.3, 0.4) is 0 Å². The van der Waals surface area contributed by atoms with Crippen molar-refractivity contribution in [3.63, 3.8) is 0 Å². The van der Waals surface area contributed by atoms with Gasteiger partial charge in [-0.05, 0) is 5.92 Å². The van der Waals surface area contributed by atoms with Crippen LogP contribution in [0.25, 0.3) is 4.85 Å². The predicted octanol–water partition coefficient (Wildman–Crippen LogP) is 0.678. The third-order valence-corrected chi connectivity index (χ3v) is 0.930. The Kier molecular flexibility index (Phi) is 4.30. The van der Waals surface area contributed by atoms with E-state index in [-0.39, 0.29) is 12.5 Å². The van der Waals surface area contributed by atoms with Gasteiger partial charge in [0.15, 0.2) is 0 Å². The van der Waals surface area contributed by atoms with E-state index in [1.807, 2.05) is 13.8 Å². The molecule has 56 valence electrons. The van der Waals surface area contributed by atoms with E-state index in [0.29, 0.717) is 12.5 Å². The highest BCUT2D eigenvalue weighted by Crippen LogP contribution is 1.86. The lowest BCUT2D eigenvalue weighted by Crippen LogP contribution is -2.28. The van der Waals surface area contributed by atoms with Gasteiger partial charge in [-0.15, -0.1) is 0 Å². The molecule has 0 aromatic carbocycles. The first kappa shape index (κ1) is 8.96. The molecule has 0 bridgehead atoms. The second-order valence-electron chi connectivity index (χ2n) is 2.51. The van der Waals surface area contributed by atoms with E-state index < -0.39 is 0 Å². The van der Waals surface area contributed by atoms with Crippen LogP contribution >= 0.6 is 0 Å². The first-order chi connectivity index (χ1) is 4.66. The summed E-state index contributed by atoms with van der Waals surface area (Å²) in [5, 5.41) is 2.63. The normalized spacial score (nSPS) is 9.00. The van der Waals surface area contributed by atoms with E-state index in [2.05, 4.69) is 10.2 Å². The highest BCUT2D eigenvalue weighted by atomic mass is 16.1. The van der Waals surface area contributed by atoms with Crippen molar-refractivity contribution in [3.8, 4) is 0 Å². The Balaban J connectivity index is 3.33. The first-order valence-corrected chi connectivity index (χ1v) is 3.26. The Hall–Kier alpha value is -1.04. The molecule has 3 heteroatoms. The van der Waals surface area contributed by atoms with Crippen molar-refractivity contribution < 1.29 is 4.79 Å². The summed E-state index contributed by atoms with van der Waals surface area (Å²) in [6.07, 6.45) is 0. The number of hydrogen-bond acceptors (Lipinski definition) is 1. The fourth-order valence-corrected chi connectivity index (χ4v) is 0.446. The second-order valence-corrected chi connectivity index (χ2v) is 2.51. The molecular weight excluding hydrogens is 128 g/mol. The molecule has 1 N–H and O–H groups in total. The van der Waals surface area contributed by atoms with Crippen LogP contribution in [-0.2, 0) is 4.79 Å². The third kappa shape index (κ3) is 5.10. The van der Waals surface area contributed by atoms with Crippen molar-refractivity contribution >= 4 is 5.91 Å². The molecule has 0 rings (SSSR count). The molecule has 0 spiro atoms. The minimum atomic E-state index is -0.177. The van der Waals surface area contributed by atoms with Crippen LogP contribution in [0.1, 0.15) is 13.8 Å². The molecule has 3 nitrogen and oxygen atoms in total. The molecule has 0 aromatic heterocycles. The van der Waals surface area contributed by atoms with Crippen LogP contribution in [0.5, 0.6) is 0 Å². The zero-order valence-electron chi connectivity index (χ0n) is 6.35. The average molecular weight is 140 g/mol. The second kappa shape index (κ2) is 4.80. The molecule has 0 unspecified atom stereocenters. The lowest BCUT2D eigenvalue weighted by Gasteiger charge is -2.02. The Morgan fingerprint density at radius 3 is 2.70 bits per heavy atom. The SMILES string of the molecule is [C-]#[N+]CC(=O)NCC(C)C. The van der Waals surface area contributed by atoms with Gasteiger partial charge < -0.3 is 10.2 Å². The summed E-state index contributed by atoms with van der Waals surface area (Å²) in [6, 6.07) is 0. The first-order valence-electron chi connectivity index (χ1n) is 3.26. The van der Waals surface area contributed by atoms with Gasteiger partial charge in [-0.3, -0.25) is 4.79 Å². The standard InChI is InChI=1S/C7H12N2O/c1-6(2)4-9-7(10)5-8-3/h6H,4-5H2,1-2H3,(H,9,10). The maximum absolute atomic E-state index is 10.6. The van der Waals surface area contributed by atoms with Crippen molar-refractivity contribution in [2.75, 3.05) is 13.1 Å². The van der Waals surface area contributed by atoms with Gasteiger partial charge in [-0.1, -0.05) is 13.8 Å². The smallest absolute Gasteiger partial charge is 0.300 e. The summed E-state index contributed by atoms with van der Waals surface area (Å²) in [6.45, 7) is 11.0. The Labute approximate surface area is 61.2 Å². The van der Waals surface area contributed by atoms with E-state index >= 15 is 0 Å². The lowest BCUT2D eigenvalue weighted by atomic mass is 10.2. The molecule has 0 aliphatic rings. The number of carbonyl (C=O) groups is 1. The Bertz CT molecular complexity index is 146. The van der Waals surface area contributed by atoms with E-state index in [9.17, 15) is 4.79 Å². The molecule has 0 heterocycles. The van der Waals surface area contributed by atoms with Crippen LogP contribution < -0.4 is 5.32 Å². The quantitative estimate of drug-likeness (QED) is 0.574. The fraction of sp³-hybridized carbons (Fsp3) is 0.714. The Morgan fingerprint density at radius 2 is 2.30 bits per heavy atom. The zero-order chi connectivity index (χ0) is 7.98. The van der Waals surface area contributed by atoms with Crippen molar-refractivity contribution in [3.05, 3.63) is 11.4 Å². The number of carbonyl (C=O) groups excluding carboxylic acids is 1. The van der Waals surface area contributed by atoms with Gasteiger partial charge in [0.1, 0.15) is 0 Å². The summed E-state index contributed by atoms with van der Waals surface area (Å²) in [7, 11) is 0. The van der Waals surface area contributed by atoms with Crippen LogP contribution in [-0.4, -0.2) is 19.0 Å². The third-order valence-electron chi connectivity index (χ3n) is 0.930. The van der Waals surface area contributed by atoms with Gasteiger partial charge in [0, 0.05) is 6.54 Å². The highest BCUT2D eigenvalue weighted by molar-refractivity contribution is 5.79. The molecule has 0 fully saturated rings. The van der Waals surface area contributed by atoms with Crippen molar-refractivity contribution in [1.29, 1.82) is 0 Å². The number of amides is 1. The minimum Gasteiger partial charge on any atom is -0.349 e. The average Bonchev–Trinajstić information content (AvgIpc) is 1.85. The lowest BCUT2D eigenvalue weighted by molar-refractivity contribution is -0.119. The van der Waals surface area contributed by atoms with Crippen molar-refractivity contribution in [1.82, 2.24) is 5.32 Å². The highest BCUT2D eigenvalue weighted by Gasteiger charge is 2.02. The van der Waals surface area contributed by atoms with E-state index in [4.69, 9.17) is 6.57 Å². The summed E-state index contributed by atoms with van der Waals surface area (Å²) >= 11 is 0. The molecular formula is C7H12N2O. The van der Waals surface area contributed by atoms with Crippen LogP contribution in [0.15, 0.2) is 0 Å². The van der Waals surface area contributed by atoms with Gasteiger partial charge in [-0.2, -0.15) is 0 Å². The summed E-state index contributed by atoms with van der Waals surface area (Å²) in [4.78, 5) is 13.6. The van der Waals surface area contributed by atoms with Crippen molar-refractivity contribution in [2.24, 2.45) is 5.92 Å². The van der Waals surface area contributed by atoms with Crippen LogP contribution in [0.4, 0.5) is 0 Å². The van der Waals surface area contributed by atoms with E-state index in [1.165, 1.54) is 0 Å². The summed E-state index contributed by atoms with van der Waals surface area (Å²) in [5.74, 6) is 0.276. The number of rotatable bonds is 3. The molecule has 0 saturated heterocycles. The number of nitrogens with one attached hydrogen (secondary N) is 1.